The van der Waals surface area contributed by atoms with Crippen molar-refractivity contribution in [1.82, 2.24) is 15.2 Å². The van der Waals surface area contributed by atoms with Crippen molar-refractivity contribution >= 4 is 11.9 Å². The Kier molecular flexibility index (Phi) is 2.73. The number of rotatable bonds is 2. The molecule has 0 bridgehead atoms. The highest BCUT2D eigenvalue weighted by molar-refractivity contribution is 5.90. The van der Waals surface area contributed by atoms with Crippen molar-refractivity contribution in [1.29, 1.82) is 0 Å². The minimum atomic E-state index is -0.513. The van der Waals surface area contributed by atoms with Crippen LogP contribution in [-0.4, -0.2) is 21.2 Å². The number of nitrogens with two attached hydrogens (primary N) is 1. The first-order chi connectivity index (χ1) is 7.75. The second-order valence-electron chi connectivity index (χ2n) is 2.91. The second kappa shape index (κ2) is 4.35. The van der Waals surface area contributed by atoms with Crippen LogP contribution >= 0.6 is 0 Å². The van der Waals surface area contributed by atoms with Crippen molar-refractivity contribution < 1.29 is 9.53 Å². The molecule has 0 aliphatic carbocycles. The van der Waals surface area contributed by atoms with Gasteiger partial charge in [-0.3, -0.25) is 0 Å². The number of benzene rings is 1. The number of aromatic nitrogens is 3. The van der Waals surface area contributed by atoms with E-state index in [1.54, 1.807) is 30.3 Å². The van der Waals surface area contributed by atoms with Crippen molar-refractivity contribution in [2.45, 2.75) is 0 Å². The van der Waals surface area contributed by atoms with Crippen molar-refractivity contribution in [2.24, 2.45) is 0 Å². The Bertz CT molecular complexity index is 484. The summed E-state index contributed by atoms with van der Waals surface area (Å²) in [6.45, 7) is 0. The molecule has 6 nitrogen and oxygen atoms in total. The number of esters is 1. The van der Waals surface area contributed by atoms with Crippen LogP contribution in [0.1, 0.15) is 10.4 Å². The van der Waals surface area contributed by atoms with Crippen LogP contribution in [0.15, 0.2) is 36.5 Å². The minimum absolute atomic E-state index is 0.0167. The molecular formula is C10H8N4O2. The summed E-state index contributed by atoms with van der Waals surface area (Å²) in [4.78, 5) is 15.2. The number of hydrogen-bond donors (Lipinski definition) is 1. The summed E-state index contributed by atoms with van der Waals surface area (Å²) < 4.78 is 4.92. The Balaban J connectivity index is 2.11. The largest absolute Gasteiger partial charge is 0.400 e. The second-order valence-corrected chi connectivity index (χ2v) is 2.91. The molecule has 16 heavy (non-hydrogen) atoms. The van der Waals surface area contributed by atoms with E-state index < -0.39 is 5.97 Å². The van der Waals surface area contributed by atoms with Gasteiger partial charge in [0.2, 0.25) is 5.95 Å². The Morgan fingerprint density at radius 3 is 2.56 bits per heavy atom. The molecule has 0 amide bonds. The van der Waals surface area contributed by atoms with E-state index in [-0.39, 0.29) is 11.8 Å². The van der Waals surface area contributed by atoms with Gasteiger partial charge in [0, 0.05) is 0 Å². The lowest BCUT2D eigenvalue weighted by Gasteiger charge is -2.01. The normalized spacial score (nSPS) is 9.75. The first-order valence-electron chi connectivity index (χ1n) is 4.48. The smallest absolute Gasteiger partial charge is 0.344 e. The average Bonchev–Trinajstić information content (AvgIpc) is 2.33. The van der Waals surface area contributed by atoms with Crippen LogP contribution in [0.25, 0.3) is 0 Å². The molecule has 1 aromatic heterocycles. The maximum atomic E-state index is 11.5. The molecule has 0 radical (unpaired) electrons. The van der Waals surface area contributed by atoms with Gasteiger partial charge >= 0.3 is 5.97 Å². The van der Waals surface area contributed by atoms with Gasteiger partial charge in [-0.25, -0.2) is 9.78 Å². The molecule has 0 unspecified atom stereocenters. The fraction of sp³-hybridized carbons (Fsp3) is 0. The van der Waals surface area contributed by atoms with Crippen molar-refractivity contribution in [3.8, 4) is 5.88 Å². The Labute approximate surface area is 91.1 Å². The molecule has 2 aromatic rings. The molecule has 0 atom stereocenters. The Morgan fingerprint density at radius 1 is 1.19 bits per heavy atom. The highest BCUT2D eigenvalue weighted by Crippen LogP contribution is 2.07. The number of ether oxygens (including phenoxy) is 1. The SMILES string of the molecule is Nc1ncc(OC(=O)c2ccccc2)nn1. The van der Waals surface area contributed by atoms with Crippen LogP contribution in [0.5, 0.6) is 5.88 Å². The summed E-state index contributed by atoms with van der Waals surface area (Å²) in [7, 11) is 0. The van der Waals surface area contributed by atoms with Gasteiger partial charge in [0.15, 0.2) is 0 Å². The summed E-state index contributed by atoms with van der Waals surface area (Å²) in [6, 6.07) is 8.56. The van der Waals surface area contributed by atoms with Crippen LogP contribution in [0.4, 0.5) is 5.95 Å². The van der Waals surface area contributed by atoms with Crippen LogP contribution in [0, 0.1) is 0 Å². The quantitative estimate of drug-likeness (QED) is 0.742. The third kappa shape index (κ3) is 2.30. The Hall–Kier alpha value is -2.50. The fourth-order valence-electron chi connectivity index (χ4n) is 1.05. The average molecular weight is 216 g/mol. The number of nitrogen functional groups attached to an aromatic ring is 1. The summed E-state index contributed by atoms with van der Waals surface area (Å²) in [6.07, 6.45) is 1.24. The van der Waals surface area contributed by atoms with Gasteiger partial charge < -0.3 is 10.5 Å². The lowest BCUT2D eigenvalue weighted by molar-refractivity contribution is 0.0725. The number of carbonyl (C=O) groups is 1. The maximum Gasteiger partial charge on any atom is 0.344 e. The van der Waals surface area contributed by atoms with E-state index in [1.165, 1.54) is 6.20 Å². The molecule has 0 spiro atoms. The van der Waals surface area contributed by atoms with Gasteiger partial charge in [0.1, 0.15) is 0 Å². The molecule has 2 N–H and O–H groups in total. The number of nitrogens with zero attached hydrogens (tertiary/aromatic N) is 3. The lowest BCUT2D eigenvalue weighted by Crippen LogP contribution is -2.10. The molecule has 0 aliphatic heterocycles. The standard InChI is InChI=1S/C10H8N4O2/c11-10-12-6-8(13-14-10)16-9(15)7-4-2-1-3-5-7/h1-6H,(H2,11,12,14). The molecule has 2 rings (SSSR count). The fourth-order valence-corrected chi connectivity index (χ4v) is 1.05. The third-order valence-electron chi connectivity index (χ3n) is 1.77. The van der Waals surface area contributed by atoms with Gasteiger partial charge in [-0.05, 0) is 12.1 Å². The molecule has 1 heterocycles. The highest BCUT2D eigenvalue weighted by atomic mass is 16.5. The first kappa shape index (κ1) is 10.0. The lowest BCUT2D eigenvalue weighted by atomic mass is 10.2. The third-order valence-corrected chi connectivity index (χ3v) is 1.77. The van der Waals surface area contributed by atoms with Crippen LogP contribution in [0.2, 0.25) is 0 Å². The van der Waals surface area contributed by atoms with Crippen molar-refractivity contribution in [3.05, 3.63) is 42.1 Å². The molecule has 0 saturated heterocycles. The highest BCUT2D eigenvalue weighted by Gasteiger charge is 2.08. The minimum Gasteiger partial charge on any atom is -0.400 e. The van der Waals surface area contributed by atoms with E-state index in [0.717, 1.165) is 0 Å². The zero-order valence-corrected chi connectivity index (χ0v) is 8.20. The maximum absolute atomic E-state index is 11.5. The number of hydrogen-bond acceptors (Lipinski definition) is 6. The van der Waals surface area contributed by atoms with Crippen molar-refractivity contribution in [2.75, 3.05) is 5.73 Å². The Morgan fingerprint density at radius 2 is 1.94 bits per heavy atom. The summed E-state index contributed by atoms with van der Waals surface area (Å²) in [5, 5.41) is 7.03. The summed E-state index contributed by atoms with van der Waals surface area (Å²) >= 11 is 0. The molecule has 80 valence electrons. The summed E-state index contributed by atoms with van der Waals surface area (Å²) in [5.74, 6) is -0.468. The molecule has 0 saturated carbocycles. The predicted molar refractivity (Wildman–Crippen MR) is 55.6 cm³/mol. The van der Waals surface area contributed by atoms with E-state index in [2.05, 4.69) is 15.2 Å². The van der Waals surface area contributed by atoms with Gasteiger partial charge in [0.25, 0.3) is 5.88 Å². The van der Waals surface area contributed by atoms with E-state index in [4.69, 9.17) is 10.5 Å². The van der Waals surface area contributed by atoms with Gasteiger partial charge in [-0.2, -0.15) is 0 Å². The number of carbonyl (C=O) groups excluding carboxylic acids is 1. The molecule has 6 heteroatoms. The van der Waals surface area contributed by atoms with Gasteiger partial charge in [0.05, 0.1) is 11.8 Å². The van der Waals surface area contributed by atoms with Gasteiger partial charge in [-0.1, -0.05) is 18.2 Å². The van der Waals surface area contributed by atoms with Crippen LogP contribution < -0.4 is 10.5 Å². The van der Waals surface area contributed by atoms with Gasteiger partial charge in [-0.15, -0.1) is 10.2 Å². The monoisotopic (exact) mass is 216 g/mol. The number of anilines is 1. The zero-order valence-electron chi connectivity index (χ0n) is 8.20. The zero-order chi connectivity index (χ0) is 11.4. The molecular weight excluding hydrogens is 208 g/mol. The van der Waals surface area contributed by atoms with Crippen molar-refractivity contribution in [3.63, 3.8) is 0 Å². The van der Waals surface area contributed by atoms with E-state index in [9.17, 15) is 4.79 Å². The van der Waals surface area contributed by atoms with Crippen LogP contribution in [-0.2, 0) is 0 Å². The van der Waals surface area contributed by atoms with E-state index >= 15 is 0 Å². The predicted octanol–water partition coefficient (Wildman–Crippen LogP) is 0.673. The molecule has 1 aromatic carbocycles. The molecule has 0 aliphatic rings. The van der Waals surface area contributed by atoms with Crippen LogP contribution in [0.3, 0.4) is 0 Å². The van der Waals surface area contributed by atoms with E-state index in [0.29, 0.717) is 5.56 Å². The topological polar surface area (TPSA) is 91.0 Å². The molecule has 0 fully saturated rings. The summed E-state index contributed by atoms with van der Waals surface area (Å²) in [5.41, 5.74) is 5.67. The van der Waals surface area contributed by atoms with E-state index in [1.807, 2.05) is 0 Å². The first-order valence-corrected chi connectivity index (χ1v) is 4.48.